The largest absolute Gasteiger partial charge is 0.274 e. The van der Waals surface area contributed by atoms with Crippen molar-refractivity contribution in [1.82, 2.24) is 0 Å². The smallest absolute Gasteiger partial charge is 0.273 e. The van der Waals surface area contributed by atoms with Crippen LogP contribution in [0.5, 0.6) is 0 Å². The SMILES string of the molecule is C/C=C/C[C@H](c1ccc(C(C)(C)C)cc1)S(=O)(=O)OC. The van der Waals surface area contributed by atoms with E-state index in [9.17, 15) is 8.42 Å². The number of hydrogen-bond acceptors (Lipinski definition) is 3. The van der Waals surface area contributed by atoms with E-state index in [-0.39, 0.29) is 5.41 Å². The molecule has 0 N–H and O–H groups in total. The van der Waals surface area contributed by atoms with Gasteiger partial charge in [-0.15, -0.1) is 0 Å². The second-order valence-corrected chi connectivity index (χ2v) is 7.71. The highest BCUT2D eigenvalue weighted by molar-refractivity contribution is 7.87. The fourth-order valence-corrected chi connectivity index (χ4v) is 3.06. The predicted octanol–water partition coefficient (Wildman–Crippen LogP) is 3.97. The van der Waals surface area contributed by atoms with Gasteiger partial charge in [-0.2, -0.15) is 8.42 Å². The molecular weight excluding hydrogens is 272 g/mol. The van der Waals surface area contributed by atoms with Gasteiger partial charge in [-0.1, -0.05) is 57.2 Å². The lowest BCUT2D eigenvalue weighted by Gasteiger charge is -2.21. The molecule has 1 atom stereocenters. The van der Waals surface area contributed by atoms with E-state index in [1.54, 1.807) is 0 Å². The van der Waals surface area contributed by atoms with Crippen LogP contribution >= 0.6 is 0 Å². The third kappa shape index (κ3) is 4.18. The molecular formula is C16H24O3S. The molecule has 0 aromatic heterocycles. The molecule has 0 bridgehead atoms. The molecule has 0 aliphatic heterocycles. The van der Waals surface area contributed by atoms with Gasteiger partial charge in [-0.05, 0) is 29.9 Å². The van der Waals surface area contributed by atoms with Crippen molar-refractivity contribution in [2.75, 3.05) is 7.11 Å². The maximum absolute atomic E-state index is 12.0. The van der Waals surface area contributed by atoms with Crippen LogP contribution in [0.1, 0.15) is 50.5 Å². The van der Waals surface area contributed by atoms with Gasteiger partial charge in [-0.3, -0.25) is 4.18 Å². The quantitative estimate of drug-likeness (QED) is 0.610. The maximum Gasteiger partial charge on any atom is 0.274 e. The van der Waals surface area contributed by atoms with E-state index >= 15 is 0 Å². The van der Waals surface area contributed by atoms with Gasteiger partial charge < -0.3 is 0 Å². The van der Waals surface area contributed by atoms with Crippen molar-refractivity contribution in [2.24, 2.45) is 0 Å². The Morgan fingerprint density at radius 1 is 1.20 bits per heavy atom. The monoisotopic (exact) mass is 296 g/mol. The summed E-state index contributed by atoms with van der Waals surface area (Å²) >= 11 is 0. The lowest BCUT2D eigenvalue weighted by molar-refractivity contribution is 0.388. The highest BCUT2D eigenvalue weighted by Crippen LogP contribution is 2.30. The molecule has 4 heteroatoms. The molecule has 0 heterocycles. The Morgan fingerprint density at radius 3 is 2.15 bits per heavy atom. The van der Waals surface area contributed by atoms with Crippen molar-refractivity contribution in [3.05, 3.63) is 47.5 Å². The molecule has 0 fully saturated rings. The molecule has 0 radical (unpaired) electrons. The van der Waals surface area contributed by atoms with Crippen LogP contribution in [-0.4, -0.2) is 15.5 Å². The molecule has 1 rings (SSSR count). The van der Waals surface area contributed by atoms with E-state index < -0.39 is 15.4 Å². The van der Waals surface area contributed by atoms with Crippen LogP contribution in [0.25, 0.3) is 0 Å². The molecule has 0 aliphatic rings. The minimum absolute atomic E-state index is 0.0531. The number of benzene rings is 1. The summed E-state index contributed by atoms with van der Waals surface area (Å²) in [5.41, 5.74) is 2.00. The maximum atomic E-state index is 12.0. The van der Waals surface area contributed by atoms with Crippen LogP contribution in [0.4, 0.5) is 0 Å². The Morgan fingerprint density at radius 2 is 1.75 bits per heavy atom. The van der Waals surface area contributed by atoms with Gasteiger partial charge in [0.2, 0.25) is 0 Å². The molecule has 3 nitrogen and oxygen atoms in total. The first-order chi connectivity index (χ1) is 9.22. The van der Waals surface area contributed by atoms with Crippen LogP contribution in [0.2, 0.25) is 0 Å². The average Bonchev–Trinajstić information content (AvgIpc) is 2.38. The fourth-order valence-electron chi connectivity index (χ4n) is 1.99. The standard InChI is InChI=1S/C16H24O3S/c1-6-7-8-15(20(17,18)19-5)13-9-11-14(12-10-13)16(2,3)4/h6-7,9-12,15H,8H2,1-5H3/b7-6+/t15-/m1/s1. The first-order valence-electron chi connectivity index (χ1n) is 6.73. The summed E-state index contributed by atoms with van der Waals surface area (Å²) < 4.78 is 28.8. The van der Waals surface area contributed by atoms with Crippen LogP contribution in [0.15, 0.2) is 36.4 Å². The Balaban J connectivity index is 3.16. The zero-order valence-corrected chi connectivity index (χ0v) is 13.7. The summed E-state index contributed by atoms with van der Waals surface area (Å²) in [6, 6.07) is 7.74. The zero-order chi connectivity index (χ0) is 15.4. The molecule has 0 saturated carbocycles. The average molecular weight is 296 g/mol. The highest BCUT2D eigenvalue weighted by atomic mass is 32.2. The molecule has 20 heavy (non-hydrogen) atoms. The highest BCUT2D eigenvalue weighted by Gasteiger charge is 2.26. The first-order valence-corrected chi connectivity index (χ1v) is 8.20. The minimum Gasteiger partial charge on any atom is -0.273 e. The molecule has 0 saturated heterocycles. The molecule has 0 amide bonds. The van der Waals surface area contributed by atoms with Crippen molar-refractivity contribution in [3.8, 4) is 0 Å². The summed E-state index contributed by atoms with van der Waals surface area (Å²) in [5.74, 6) is 0. The third-order valence-corrected chi connectivity index (χ3v) is 4.94. The van der Waals surface area contributed by atoms with Crippen LogP contribution in [0.3, 0.4) is 0 Å². The number of allylic oxidation sites excluding steroid dienone is 2. The normalized spacial score (nSPS) is 14.7. The Kier molecular flexibility index (Phi) is 5.54. The Hall–Kier alpha value is -1.13. The van der Waals surface area contributed by atoms with Gasteiger partial charge in [0, 0.05) is 0 Å². The molecule has 1 aromatic rings. The van der Waals surface area contributed by atoms with E-state index in [4.69, 9.17) is 0 Å². The van der Waals surface area contributed by atoms with Crippen molar-refractivity contribution in [1.29, 1.82) is 0 Å². The van der Waals surface area contributed by atoms with E-state index in [0.717, 1.165) is 5.56 Å². The van der Waals surface area contributed by atoms with Gasteiger partial charge in [0.1, 0.15) is 5.25 Å². The van der Waals surface area contributed by atoms with Crippen LogP contribution < -0.4 is 0 Å². The fraction of sp³-hybridized carbons (Fsp3) is 0.500. The van der Waals surface area contributed by atoms with Gasteiger partial charge in [0.15, 0.2) is 0 Å². The number of rotatable bonds is 5. The second kappa shape index (κ2) is 6.55. The van der Waals surface area contributed by atoms with Crippen molar-refractivity contribution < 1.29 is 12.6 Å². The summed E-state index contributed by atoms with van der Waals surface area (Å²) in [4.78, 5) is 0. The van der Waals surface area contributed by atoms with E-state index in [0.29, 0.717) is 6.42 Å². The third-order valence-electron chi connectivity index (χ3n) is 3.32. The predicted molar refractivity (Wildman–Crippen MR) is 83.2 cm³/mol. The van der Waals surface area contributed by atoms with Gasteiger partial charge in [0.25, 0.3) is 10.1 Å². The van der Waals surface area contributed by atoms with E-state index in [2.05, 4.69) is 25.0 Å². The van der Waals surface area contributed by atoms with Crippen molar-refractivity contribution >= 4 is 10.1 Å². The molecule has 0 unspecified atom stereocenters. The van der Waals surface area contributed by atoms with Crippen molar-refractivity contribution in [2.45, 2.75) is 44.8 Å². The van der Waals surface area contributed by atoms with Crippen LogP contribution in [-0.2, 0) is 19.7 Å². The van der Waals surface area contributed by atoms with Gasteiger partial charge in [-0.25, -0.2) is 0 Å². The van der Waals surface area contributed by atoms with Gasteiger partial charge >= 0.3 is 0 Å². The lowest BCUT2D eigenvalue weighted by Crippen LogP contribution is -2.15. The molecule has 0 spiro atoms. The first kappa shape index (κ1) is 16.9. The summed E-state index contributed by atoms with van der Waals surface area (Å²) in [6.07, 6.45) is 4.11. The number of hydrogen-bond donors (Lipinski definition) is 0. The zero-order valence-electron chi connectivity index (χ0n) is 12.9. The minimum atomic E-state index is -3.59. The summed E-state index contributed by atoms with van der Waals surface area (Å²) in [5, 5.41) is -0.655. The Bertz CT molecular complexity index is 548. The van der Waals surface area contributed by atoms with Crippen molar-refractivity contribution in [3.63, 3.8) is 0 Å². The summed E-state index contributed by atoms with van der Waals surface area (Å²) in [6.45, 7) is 8.26. The van der Waals surface area contributed by atoms with E-state index in [1.165, 1.54) is 12.7 Å². The molecule has 0 aliphatic carbocycles. The van der Waals surface area contributed by atoms with Crippen LogP contribution in [0, 0.1) is 0 Å². The summed E-state index contributed by atoms with van der Waals surface area (Å²) in [7, 11) is -2.38. The second-order valence-electron chi connectivity index (χ2n) is 5.82. The Labute approximate surface area is 122 Å². The van der Waals surface area contributed by atoms with E-state index in [1.807, 2.05) is 43.3 Å². The molecule has 1 aromatic carbocycles. The topological polar surface area (TPSA) is 43.4 Å². The molecule has 112 valence electrons. The lowest BCUT2D eigenvalue weighted by atomic mass is 9.86. The van der Waals surface area contributed by atoms with Gasteiger partial charge in [0.05, 0.1) is 7.11 Å².